The first-order valence-electron chi connectivity index (χ1n) is 8.84. The number of piperazine rings is 1. The van der Waals surface area contributed by atoms with Gasteiger partial charge >= 0.3 is 0 Å². The van der Waals surface area contributed by atoms with Crippen LogP contribution in [0, 0.1) is 5.82 Å². The second kappa shape index (κ2) is 7.03. The number of rotatable bonds is 3. The van der Waals surface area contributed by atoms with Crippen molar-refractivity contribution in [2.75, 3.05) is 31.1 Å². The van der Waals surface area contributed by atoms with Crippen molar-refractivity contribution >= 4 is 32.6 Å². The van der Waals surface area contributed by atoms with Crippen molar-refractivity contribution in [3.8, 4) is 0 Å². The Balaban J connectivity index is 1.46. The first-order chi connectivity index (χ1) is 12.7. The minimum Gasteiger partial charge on any atom is -0.345 e. The van der Waals surface area contributed by atoms with Crippen molar-refractivity contribution in [3.63, 3.8) is 0 Å². The molecule has 0 N–H and O–H groups in total. The molecule has 6 heteroatoms. The molecule has 3 aromatic rings. The van der Waals surface area contributed by atoms with Gasteiger partial charge in [-0.1, -0.05) is 30.4 Å². The van der Waals surface area contributed by atoms with E-state index >= 15 is 0 Å². The predicted octanol–water partition coefficient (Wildman–Crippen LogP) is 3.96. The van der Waals surface area contributed by atoms with Gasteiger partial charge in [-0.15, -0.1) is 0 Å². The quantitative estimate of drug-likeness (QED) is 0.701. The predicted molar refractivity (Wildman–Crippen MR) is 104 cm³/mol. The highest BCUT2D eigenvalue weighted by Crippen LogP contribution is 2.31. The lowest BCUT2D eigenvalue weighted by Gasteiger charge is -2.34. The lowest BCUT2D eigenvalue weighted by Crippen LogP contribution is -2.48. The number of hydrogen-bond acceptors (Lipinski definition) is 4. The number of amides is 1. The van der Waals surface area contributed by atoms with E-state index in [1.165, 1.54) is 22.4 Å². The Labute approximate surface area is 155 Å². The van der Waals surface area contributed by atoms with E-state index in [0.29, 0.717) is 18.7 Å². The fourth-order valence-electron chi connectivity index (χ4n) is 3.29. The van der Waals surface area contributed by atoms with Crippen LogP contribution in [-0.4, -0.2) is 42.0 Å². The number of anilines is 1. The molecule has 0 bridgehead atoms. The maximum Gasteiger partial charge on any atom is 0.253 e. The summed E-state index contributed by atoms with van der Waals surface area (Å²) in [4.78, 5) is 21.5. The van der Waals surface area contributed by atoms with E-state index in [2.05, 4.69) is 30.0 Å². The highest BCUT2D eigenvalue weighted by atomic mass is 32.1. The van der Waals surface area contributed by atoms with Crippen molar-refractivity contribution in [3.05, 3.63) is 59.4 Å². The first-order valence-corrected chi connectivity index (χ1v) is 9.65. The molecular weight excluding hydrogens is 349 g/mol. The number of carbonyl (C=O) groups excluding carboxylic acids is 1. The third-order valence-corrected chi connectivity index (χ3v) is 5.88. The average molecular weight is 369 g/mol. The Bertz CT molecular complexity index is 930. The van der Waals surface area contributed by atoms with Gasteiger partial charge in [0.25, 0.3) is 5.91 Å². The molecule has 4 rings (SSSR count). The zero-order valence-corrected chi connectivity index (χ0v) is 15.4. The molecule has 1 amide bonds. The van der Waals surface area contributed by atoms with E-state index in [9.17, 15) is 9.18 Å². The van der Waals surface area contributed by atoms with Gasteiger partial charge in [0, 0.05) is 31.7 Å². The largest absolute Gasteiger partial charge is 0.345 e. The zero-order chi connectivity index (χ0) is 18.1. The average Bonchev–Trinajstić information content (AvgIpc) is 3.12. The second-order valence-electron chi connectivity index (χ2n) is 6.40. The summed E-state index contributed by atoms with van der Waals surface area (Å²) >= 11 is 1.71. The molecule has 4 nitrogen and oxygen atoms in total. The Hall–Kier alpha value is -2.47. The van der Waals surface area contributed by atoms with E-state index in [1.54, 1.807) is 23.5 Å². The SMILES string of the molecule is CCc1cccc2sc(N3CCN(C(=O)c4ccc(F)cc4)CC3)nc12. The van der Waals surface area contributed by atoms with Crippen LogP contribution in [0.3, 0.4) is 0 Å². The zero-order valence-electron chi connectivity index (χ0n) is 14.6. The van der Waals surface area contributed by atoms with E-state index < -0.39 is 0 Å². The van der Waals surface area contributed by atoms with Crippen LogP contribution in [0.2, 0.25) is 0 Å². The lowest BCUT2D eigenvalue weighted by atomic mass is 10.1. The van der Waals surface area contributed by atoms with Crippen LogP contribution in [0.25, 0.3) is 10.2 Å². The standard InChI is InChI=1S/C20H20FN3OS/c1-2-14-4-3-5-17-18(14)22-20(26-17)24-12-10-23(11-13-24)19(25)15-6-8-16(21)9-7-15/h3-9H,2,10-13H2,1H3. The molecule has 0 spiro atoms. The fourth-order valence-corrected chi connectivity index (χ4v) is 4.36. The van der Waals surface area contributed by atoms with E-state index in [0.717, 1.165) is 30.2 Å². The van der Waals surface area contributed by atoms with Gasteiger partial charge < -0.3 is 9.80 Å². The normalized spacial score (nSPS) is 14.8. The molecule has 1 saturated heterocycles. The number of thiazole rings is 1. The highest BCUT2D eigenvalue weighted by molar-refractivity contribution is 7.22. The molecule has 2 heterocycles. The molecule has 0 aliphatic carbocycles. The van der Waals surface area contributed by atoms with Gasteiger partial charge in [0.1, 0.15) is 5.82 Å². The molecule has 1 aliphatic heterocycles. The summed E-state index contributed by atoms with van der Waals surface area (Å²) in [6.07, 6.45) is 0.973. The molecule has 0 unspecified atom stereocenters. The Morgan fingerprint density at radius 1 is 1.12 bits per heavy atom. The number of aryl methyl sites for hydroxylation is 1. The number of fused-ring (bicyclic) bond motifs is 1. The monoisotopic (exact) mass is 369 g/mol. The summed E-state index contributed by atoms with van der Waals surface area (Å²) in [5.74, 6) is -0.365. The molecule has 26 heavy (non-hydrogen) atoms. The van der Waals surface area contributed by atoms with E-state index in [-0.39, 0.29) is 11.7 Å². The third kappa shape index (κ3) is 3.17. The first kappa shape index (κ1) is 17.0. The molecule has 0 radical (unpaired) electrons. The van der Waals surface area contributed by atoms with Crippen molar-refractivity contribution in [1.82, 2.24) is 9.88 Å². The van der Waals surface area contributed by atoms with Crippen LogP contribution in [0.4, 0.5) is 9.52 Å². The molecule has 1 aromatic heterocycles. The third-order valence-electron chi connectivity index (χ3n) is 4.80. The van der Waals surface area contributed by atoms with Crippen LogP contribution >= 0.6 is 11.3 Å². The van der Waals surface area contributed by atoms with Gasteiger partial charge in [-0.05, 0) is 42.3 Å². The molecule has 2 aromatic carbocycles. The molecule has 0 saturated carbocycles. The number of hydrogen-bond donors (Lipinski definition) is 0. The van der Waals surface area contributed by atoms with Crippen molar-refractivity contribution in [2.24, 2.45) is 0 Å². The van der Waals surface area contributed by atoms with Crippen molar-refractivity contribution < 1.29 is 9.18 Å². The summed E-state index contributed by atoms with van der Waals surface area (Å²) in [5, 5.41) is 1.02. The van der Waals surface area contributed by atoms with Crippen LogP contribution in [-0.2, 0) is 6.42 Å². The van der Waals surface area contributed by atoms with Gasteiger partial charge in [-0.3, -0.25) is 4.79 Å². The van der Waals surface area contributed by atoms with Crippen LogP contribution in [0.5, 0.6) is 0 Å². The Kier molecular flexibility index (Phi) is 4.59. The number of halogens is 1. The van der Waals surface area contributed by atoms with E-state index in [4.69, 9.17) is 4.98 Å². The van der Waals surface area contributed by atoms with Crippen LogP contribution in [0.1, 0.15) is 22.8 Å². The topological polar surface area (TPSA) is 36.4 Å². The Morgan fingerprint density at radius 2 is 1.85 bits per heavy atom. The van der Waals surface area contributed by atoms with E-state index in [1.807, 2.05) is 4.90 Å². The maximum atomic E-state index is 13.0. The van der Waals surface area contributed by atoms with Gasteiger partial charge in [0.05, 0.1) is 10.2 Å². The number of nitrogens with zero attached hydrogens (tertiary/aromatic N) is 3. The fraction of sp³-hybridized carbons (Fsp3) is 0.300. The Morgan fingerprint density at radius 3 is 2.54 bits per heavy atom. The summed E-state index contributed by atoms with van der Waals surface area (Å²) in [6, 6.07) is 12.1. The highest BCUT2D eigenvalue weighted by Gasteiger charge is 2.24. The molecule has 1 aliphatic rings. The van der Waals surface area contributed by atoms with Gasteiger partial charge in [0.2, 0.25) is 0 Å². The second-order valence-corrected chi connectivity index (χ2v) is 7.41. The number of carbonyl (C=O) groups is 1. The van der Waals surface area contributed by atoms with Crippen molar-refractivity contribution in [2.45, 2.75) is 13.3 Å². The maximum absolute atomic E-state index is 13.0. The number of para-hydroxylation sites is 1. The number of aromatic nitrogens is 1. The van der Waals surface area contributed by atoms with Crippen LogP contribution < -0.4 is 4.90 Å². The molecule has 1 fully saturated rings. The van der Waals surface area contributed by atoms with Crippen molar-refractivity contribution in [1.29, 1.82) is 0 Å². The summed E-state index contributed by atoms with van der Waals surface area (Å²) in [5.41, 5.74) is 2.90. The molecular formula is C20H20FN3OS. The number of benzene rings is 2. The van der Waals surface area contributed by atoms with Crippen LogP contribution in [0.15, 0.2) is 42.5 Å². The summed E-state index contributed by atoms with van der Waals surface area (Å²) < 4.78 is 14.2. The smallest absolute Gasteiger partial charge is 0.253 e. The van der Waals surface area contributed by atoms with Gasteiger partial charge in [-0.25, -0.2) is 9.37 Å². The van der Waals surface area contributed by atoms with Gasteiger partial charge in [-0.2, -0.15) is 0 Å². The minimum atomic E-state index is -0.325. The summed E-state index contributed by atoms with van der Waals surface area (Å²) in [6.45, 7) is 4.95. The molecule has 0 atom stereocenters. The summed E-state index contributed by atoms with van der Waals surface area (Å²) in [7, 11) is 0. The lowest BCUT2D eigenvalue weighted by molar-refractivity contribution is 0.0746. The minimum absolute atomic E-state index is 0.0396. The van der Waals surface area contributed by atoms with Gasteiger partial charge in [0.15, 0.2) is 5.13 Å². The molecule has 134 valence electrons.